The molecule has 1 aromatic heterocycles. The zero-order valence-electron chi connectivity index (χ0n) is 9.80. The highest BCUT2D eigenvalue weighted by Crippen LogP contribution is 2.25. The third kappa shape index (κ3) is 2.83. The van der Waals surface area contributed by atoms with Gasteiger partial charge >= 0.3 is 0 Å². The molecule has 0 aromatic carbocycles. The zero-order valence-corrected chi connectivity index (χ0v) is 9.80. The van der Waals surface area contributed by atoms with Gasteiger partial charge in [0.1, 0.15) is 0 Å². The van der Waals surface area contributed by atoms with E-state index < -0.39 is 0 Å². The van der Waals surface area contributed by atoms with Crippen LogP contribution in [0.15, 0.2) is 12.1 Å². The molecular formula is C13H21N. The molecule has 0 fully saturated rings. The second kappa shape index (κ2) is 5.14. The number of aryl methyl sites for hydroxylation is 2. The highest BCUT2D eigenvalue weighted by Gasteiger charge is 2.09. The van der Waals surface area contributed by atoms with Crippen LogP contribution in [-0.2, 0) is 0 Å². The average molecular weight is 191 g/mol. The molecule has 0 saturated carbocycles. The van der Waals surface area contributed by atoms with Gasteiger partial charge in [-0.25, -0.2) is 0 Å². The van der Waals surface area contributed by atoms with E-state index in [1.54, 1.807) is 0 Å². The Bertz CT molecular complexity index is 271. The van der Waals surface area contributed by atoms with Crippen LogP contribution < -0.4 is 0 Å². The van der Waals surface area contributed by atoms with Gasteiger partial charge in [0.05, 0.1) is 0 Å². The van der Waals surface area contributed by atoms with Crippen molar-refractivity contribution in [3.63, 3.8) is 0 Å². The predicted octanol–water partition coefficient (Wildman–Crippen LogP) is 3.99. The average Bonchev–Trinajstić information content (AvgIpc) is 2.12. The van der Waals surface area contributed by atoms with Gasteiger partial charge in [-0.15, -0.1) is 0 Å². The Morgan fingerprint density at radius 2 is 1.71 bits per heavy atom. The fourth-order valence-corrected chi connectivity index (χ4v) is 2.06. The summed E-state index contributed by atoms with van der Waals surface area (Å²) in [4.78, 5) is 4.41. The minimum absolute atomic E-state index is 0.723. The second-order valence-corrected chi connectivity index (χ2v) is 4.08. The Hall–Kier alpha value is -0.850. The molecule has 1 atom stereocenters. The molecule has 1 unspecified atom stereocenters. The van der Waals surface area contributed by atoms with Crippen LogP contribution in [0.4, 0.5) is 0 Å². The van der Waals surface area contributed by atoms with Crippen molar-refractivity contribution in [1.29, 1.82) is 0 Å². The molecule has 1 nitrogen and oxygen atoms in total. The molecule has 0 amide bonds. The van der Waals surface area contributed by atoms with Crippen LogP contribution in [0.1, 0.15) is 56.0 Å². The predicted molar refractivity (Wildman–Crippen MR) is 61.7 cm³/mol. The van der Waals surface area contributed by atoms with Crippen LogP contribution in [0.2, 0.25) is 0 Å². The van der Waals surface area contributed by atoms with E-state index in [2.05, 4.69) is 44.8 Å². The summed E-state index contributed by atoms with van der Waals surface area (Å²) in [5.41, 5.74) is 3.77. The summed E-state index contributed by atoms with van der Waals surface area (Å²) in [6.07, 6.45) is 3.79. The van der Waals surface area contributed by atoms with Gasteiger partial charge in [-0.05, 0) is 50.3 Å². The van der Waals surface area contributed by atoms with Gasteiger partial charge in [-0.2, -0.15) is 0 Å². The molecule has 0 aliphatic heterocycles. The minimum atomic E-state index is 0.723. The van der Waals surface area contributed by atoms with Crippen molar-refractivity contribution in [2.45, 2.75) is 52.9 Å². The first-order valence-corrected chi connectivity index (χ1v) is 5.62. The third-order valence-electron chi connectivity index (χ3n) is 2.71. The molecule has 0 spiro atoms. The first-order valence-electron chi connectivity index (χ1n) is 5.62. The number of pyridine rings is 1. The smallest absolute Gasteiger partial charge is 0.0378 e. The molecule has 14 heavy (non-hydrogen) atoms. The molecule has 0 bridgehead atoms. The summed E-state index contributed by atoms with van der Waals surface area (Å²) < 4.78 is 0. The van der Waals surface area contributed by atoms with Crippen LogP contribution in [0.25, 0.3) is 0 Å². The van der Waals surface area contributed by atoms with E-state index in [-0.39, 0.29) is 0 Å². The Kier molecular flexibility index (Phi) is 4.12. The van der Waals surface area contributed by atoms with Crippen LogP contribution in [0.3, 0.4) is 0 Å². The van der Waals surface area contributed by atoms with Crippen LogP contribution in [0, 0.1) is 13.8 Å². The summed E-state index contributed by atoms with van der Waals surface area (Å²) >= 11 is 0. The Labute approximate surface area is 87.6 Å². The number of nitrogens with zero attached hydrogens (tertiary/aromatic N) is 1. The molecule has 78 valence electrons. The quantitative estimate of drug-likeness (QED) is 0.701. The standard InChI is InChI=1S/C13H21N/c1-5-7-12(6-2)13-8-10(3)14-11(4)9-13/h8-9,12H,5-7H2,1-4H3. The molecule has 1 heteroatoms. The van der Waals surface area contributed by atoms with Crippen molar-refractivity contribution in [1.82, 2.24) is 4.98 Å². The molecule has 0 aliphatic rings. The normalized spacial score (nSPS) is 12.9. The minimum Gasteiger partial charge on any atom is -0.258 e. The van der Waals surface area contributed by atoms with Crippen molar-refractivity contribution in [3.05, 3.63) is 29.1 Å². The van der Waals surface area contributed by atoms with Gasteiger partial charge in [-0.3, -0.25) is 4.98 Å². The summed E-state index contributed by atoms with van der Waals surface area (Å²) in [5, 5.41) is 0. The molecule has 0 saturated heterocycles. The molecular weight excluding hydrogens is 170 g/mol. The summed E-state index contributed by atoms with van der Waals surface area (Å²) in [6, 6.07) is 4.47. The van der Waals surface area contributed by atoms with Crippen LogP contribution in [-0.4, -0.2) is 4.98 Å². The maximum atomic E-state index is 4.41. The fraction of sp³-hybridized carbons (Fsp3) is 0.615. The van der Waals surface area contributed by atoms with Gasteiger partial charge in [0.2, 0.25) is 0 Å². The SMILES string of the molecule is CCCC(CC)c1cc(C)nc(C)c1. The molecule has 0 radical (unpaired) electrons. The molecule has 0 N–H and O–H groups in total. The summed E-state index contributed by atoms with van der Waals surface area (Å²) in [7, 11) is 0. The van der Waals surface area contributed by atoms with Crippen LogP contribution in [0.5, 0.6) is 0 Å². The monoisotopic (exact) mass is 191 g/mol. The topological polar surface area (TPSA) is 12.9 Å². The largest absolute Gasteiger partial charge is 0.258 e. The highest BCUT2D eigenvalue weighted by molar-refractivity contribution is 5.23. The van der Waals surface area contributed by atoms with E-state index in [9.17, 15) is 0 Å². The van der Waals surface area contributed by atoms with Crippen LogP contribution >= 0.6 is 0 Å². The van der Waals surface area contributed by atoms with E-state index in [4.69, 9.17) is 0 Å². The Morgan fingerprint density at radius 1 is 1.14 bits per heavy atom. The summed E-state index contributed by atoms with van der Waals surface area (Å²) in [6.45, 7) is 8.68. The van der Waals surface area contributed by atoms with Gasteiger partial charge in [0.25, 0.3) is 0 Å². The van der Waals surface area contributed by atoms with Crippen molar-refractivity contribution in [2.24, 2.45) is 0 Å². The number of hydrogen-bond donors (Lipinski definition) is 0. The van der Waals surface area contributed by atoms with Gasteiger partial charge in [-0.1, -0.05) is 20.3 Å². The van der Waals surface area contributed by atoms with E-state index in [1.165, 1.54) is 24.8 Å². The third-order valence-corrected chi connectivity index (χ3v) is 2.71. The molecule has 1 rings (SSSR count). The molecule has 0 aliphatic carbocycles. The lowest BCUT2D eigenvalue weighted by Crippen LogP contribution is -1.99. The van der Waals surface area contributed by atoms with Gasteiger partial charge < -0.3 is 0 Å². The fourth-order valence-electron chi connectivity index (χ4n) is 2.06. The number of hydrogen-bond acceptors (Lipinski definition) is 1. The maximum absolute atomic E-state index is 4.41. The lowest BCUT2D eigenvalue weighted by Gasteiger charge is -2.15. The molecule has 1 heterocycles. The first-order chi connectivity index (χ1) is 6.67. The molecule has 1 aromatic rings. The van der Waals surface area contributed by atoms with E-state index >= 15 is 0 Å². The van der Waals surface area contributed by atoms with E-state index in [1.807, 2.05) is 0 Å². The lowest BCUT2D eigenvalue weighted by atomic mass is 9.92. The van der Waals surface area contributed by atoms with Crippen molar-refractivity contribution in [2.75, 3.05) is 0 Å². The van der Waals surface area contributed by atoms with Gasteiger partial charge in [0, 0.05) is 11.4 Å². The lowest BCUT2D eigenvalue weighted by molar-refractivity contribution is 0.594. The van der Waals surface area contributed by atoms with E-state index in [0.717, 1.165) is 17.3 Å². The maximum Gasteiger partial charge on any atom is 0.0378 e. The highest BCUT2D eigenvalue weighted by atomic mass is 14.7. The zero-order chi connectivity index (χ0) is 10.6. The van der Waals surface area contributed by atoms with Gasteiger partial charge in [0.15, 0.2) is 0 Å². The van der Waals surface area contributed by atoms with Crippen molar-refractivity contribution >= 4 is 0 Å². The number of aromatic nitrogens is 1. The van der Waals surface area contributed by atoms with Crippen molar-refractivity contribution < 1.29 is 0 Å². The second-order valence-electron chi connectivity index (χ2n) is 4.08. The Balaban J connectivity index is 2.91. The number of rotatable bonds is 4. The van der Waals surface area contributed by atoms with Crippen molar-refractivity contribution in [3.8, 4) is 0 Å². The summed E-state index contributed by atoms with van der Waals surface area (Å²) in [5.74, 6) is 0.723. The first kappa shape index (κ1) is 11.2. The Morgan fingerprint density at radius 3 is 2.14 bits per heavy atom. The van der Waals surface area contributed by atoms with E-state index in [0.29, 0.717) is 0 Å².